The first-order chi connectivity index (χ1) is 11.0. The minimum atomic E-state index is -0.262. The van der Waals surface area contributed by atoms with Crippen LogP contribution in [0.4, 0.5) is 4.79 Å². The number of rotatable bonds is 5. The Labute approximate surface area is 140 Å². The fourth-order valence-electron chi connectivity index (χ4n) is 3.49. The minimum Gasteiger partial charge on any atom is -0.446 e. The molecule has 0 bridgehead atoms. The van der Waals surface area contributed by atoms with Crippen molar-refractivity contribution in [3.8, 4) is 0 Å². The van der Waals surface area contributed by atoms with Crippen LogP contribution in [0.1, 0.15) is 51.2 Å². The topological polar surface area (TPSA) is 38.3 Å². The van der Waals surface area contributed by atoms with Crippen LogP contribution in [0, 0.1) is 24.7 Å². The highest BCUT2D eigenvalue weighted by Gasteiger charge is 2.33. The van der Waals surface area contributed by atoms with Crippen LogP contribution >= 0.6 is 0 Å². The summed E-state index contributed by atoms with van der Waals surface area (Å²) < 4.78 is 5.74. The Kier molecular flexibility index (Phi) is 6.49. The molecule has 1 aromatic rings. The molecule has 1 aliphatic rings. The molecule has 0 unspecified atom stereocenters. The van der Waals surface area contributed by atoms with Crippen molar-refractivity contribution in [2.75, 3.05) is 6.54 Å². The Morgan fingerprint density at radius 2 is 1.96 bits per heavy atom. The van der Waals surface area contributed by atoms with Gasteiger partial charge in [-0.05, 0) is 49.5 Å². The highest BCUT2D eigenvalue weighted by molar-refractivity contribution is 5.67. The van der Waals surface area contributed by atoms with E-state index in [4.69, 9.17) is 4.74 Å². The molecule has 0 radical (unpaired) electrons. The lowest BCUT2D eigenvalue weighted by Gasteiger charge is -2.36. The van der Waals surface area contributed by atoms with Crippen molar-refractivity contribution in [2.24, 2.45) is 17.8 Å². The highest BCUT2D eigenvalue weighted by Crippen LogP contribution is 2.35. The molecule has 1 saturated carbocycles. The van der Waals surface area contributed by atoms with Crippen molar-refractivity contribution in [1.82, 2.24) is 5.32 Å². The van der Waals surface area contributed by atoms with Crippen LogP contribution in [0.25, 0.3) is 0 Å². The molecule has 0 aromatic heterocycles. The highest BCUT2D eigenvalue weighted by atomic mass is 16.6. The zero-order valence-electron chi connectivity index (χ0n) is 15.0. The van der Waals surface area contributed by atoms with Gasteiger partial charge in [-0.2, -0.15) is 0 Å². The molecule has 0 heterocycles. The number of hydrogen-bond acceptors (Lipinski definition) is 2. The second kappa shape index (κ2) is 8.37. The van der Waals surface area contributed by atoms with Crippen molar-refractivity contribution in [1.29, 1.82) is 0 Å². The molecule has 2 rings (SSSR count). The first-order valence-electron chi connectivity index (χ1n) is 8.95. The Morgan fingerprint density at radius 1 is 1.26 bits per heavy atom. The van der Waals surface area contributed by atoms with Gasteiger partial charge in [-0.3, -0.25) is 0 Å². The summed E-state index contributed by atoms with van der Waals surface area (Å²) in [7, 11) is 0. The maximum Gasteiger partial charge on any atom is 0.407 e. The fraction of sp³-hybridized carbons (Fsp3) is 0.650. The molecule has 128 valence electrons. The van der Waals surface area contributed by atoms with Gasteiger partial charge in [0.15, 0.2) is 0 Å². The van der Waals surface area contributed by atoms with Gasteiger partial charge in [0.25, 0.3) is 0 Å². The maximum atomic E-state index is 12.1. The summed E-state index contributed by atoms with van der Waals surface area (Å²) in [6.45, 7) is 9.41. The molecule has 0 aliphatic heterocycles. The summed E-state index contributed by atoms with van der Waals surface area (Å²) in [5.74, 6) is 1.71. The monoisotopic (exact) mass is 317 g/mol. The van der Waals surface area contributed by atoms with Crippen molar-refractivity contribution in [2.45, 2.75) is 59.5 Å². The van der Waals surface area contributed by atoms with E-state index in [1.165, 1.54) is 24.0 Å². The zero-order chi connectivity index (χ0) is 16.8. The Morgan fingerprint density at radius 3 is 2.61 bits per heavy atom. The van der Waals surface area contributed by atoms with Crippen LogP contribution in [-0.4, -0.2) is 18.7 Å². The SMILES string of the molecule is Cc1ccc(CCNC(=O)O[C@@H]2C[C@H](C)CC[C@H]2C(C)C)cc1. The van der Waals surface area contributed by atoms with Crippen molar-refractivity contribution in [3.63, 3.8) is 0 Å². The van der Waals surface area contributed by atoms with E-state index < -0.39 is 0 Å². The number of carbonyl (C=O) groups excluding carboxylic acids is 1. The van der Waals surface area contributed by atoms with E-state index in [1.54, 1.807) is 0 Å². The molecular weight excluding hydrogens is 286 g/mol. The van der Waals surface area contributed by atoms with Gasteiger partial charge in [0.05, 0.1) is 0 Å². The summed E-state index contributed by atoms with van der Waals surface area (Å²) in [5.41, 5.74) is 2.49. The van der Waals surface area contributed by atoms with Gasteiger partial charge in [0, 0.05) is 6.54 Å². The lowest BCUT2D eigenvalue weighted by molar-refractivity contribution is 0.00630. The molecule has 0 saturated heterocycles. The molecule has 23 heavy (non-hydrogen) atoms. The molecule has 1 fully saturated rings. The number of hydrogen-bond donors (Lipinski definition) is 1. The van der Waals surface area contributed by atoms with Gasteiger partial charge in [0.1, 0.15) is 6.10 Å². The Bertz CT molecular complexity index is 495. The summed E-state index contributed by atoms with van der Waals surface area (Å²) >= 11 is 0. The lowest BCUT2D eigenvalue weighted by Crippen LogP contribution is -2.39. The van der Waals surface area contributed by atoms with E-state index in [9.17, 15) is 4.79 Å². The second-order valence-electron chi connectivity index (χ2n) is 7.43. The van der Waals surface area contributed by atoms with Gasteiger partial charge in [-0.15, -0.1) is 0 Å². The number of carbonyl (C=O) groups is 1. The molecule has 3 nitrogen and oxygen atoms in total. The molecule has 1 aromatic carbocycles. The van der Waals surface area contributed by atoms with E-state index in [0.29, 0.717) is 24.3 Å². The average Bonchev–Trinajstić information content (AvgIpc) is 2.49. The number of amides is 1. The smallest absolute Gasteiger partial charge is 0.407 e. The van der Waals surface area contributed by atoms with Gasteiger partial charge < -0.3 is 10.1 Å². The molecular formula is C20H31NO2. The Hall–Kier alpha value is -1.51. The number of ether oxygens (including phenoxy) is 1. The quantitative estimate of drug-likeness (QED) is 0.853. The van der Waals surface area contributed by atoms with Crippen LogP contribution in [0.3, 0.4) is 0 Å². The van der Waals surface area contributed by atoms with E-state index in [0.717, 1.165) is 12.8 Å². The molecule has 3 heteroatoms. The van der Waals surface area contributed by atoms with Gasteiger partial charge >= 0.3 is 6.09 Å². The number of nitrogens with one attached hydrogen (secondary N) is 1. The van der Waals surface area contributed by atoms with Crippen LogP contribution < -0.4 is 5.32 Å². The first kappa shape index (κ1) is 17.8. The van der Waals surface area contributed by atoms with Crippen molar-refractivity contribution in [3.05, 3.63) is 35.4 Å². The summed E-state index contributed by atoms with van der Waals surface area (Å²) in [5, 5.41) is 2.91. The normalized spacial score (nSPS) is 24.5. The van der Waals surface area contributed by atoms with Crippen LogP contribution in [0.2, 0.25) is 0 Å². The summed E-state index contributed by atoms with van der Waals surface area (Å²) in [4.78, 5) is 12.1. The lowest BCUT2D eigenvalue weighted by atomic mass is 9.75. The van der Waals surface area contributed by atoms with Gasteiger partial charge in [-0.1, -0.05) is 57.0 Å². The first-order valence-corrected chi connectivity index (χ1v) is 8.95. The zero-order valence-corrected chi connectivity index (χ0v) is 15.0. The average molecular weight is 317 g/mol. The van der Waals surface area contributed by atoms with Crippen molar-refractivity contribution < 1.29 is 9.53 Å². The van der Waals surface area contributed by atoms with Crippen LogP contribution in [0.15, 0.2) is 24.3 Å². The van der Waals surface area contributed by atoms with E-state index in [1.807, 2.05) is 0 Å². The predicted octanol–water partition coefficient (Wildman–Crippen LogP) is 4.72. The number of benzene rings is 1. The summed E-state index contributed by atoms with van der Waals surface area (Å²) in [6, 6.07) is 8.43. The molecule has 0 spiro atoms. The Balaban J connectivity index is 1.77. The van der Waals surface area contributed by atoms with Gasteiger partial charge in [-0.25, -0.2) is 4.79 Å². The van der Waals surface area contributed by atoms with E-state index >= 15 is 0 Å². The largest absolute Gasteiger partial charge is 0.446 e. The third-order valence-electron chi connectivity index (χ3n) is 5.02. The minimum absolute atomic E-state index is 0.0677. The maximum absolute atomic E-state index is 12.1. The van der Waals surface area contributed by atoms with Crippen molar-refractivity contribution >= 4 is 6.09 Å². The predicted molar refractivity (Wildman–Crippen MR) is 94.5 cm³/mol. The molecule has 1 amide bonds. The number of aryl methyl sites for hydroxylation is 1. The molecule has 1 aliphatic carbocycles. The third-order valence-corrected chi connectivity index (χ3v) is 5.02. The fourth-order valence-corrected chi connectivity index (χ4v) is 3.49. The van der Waals surface area contributed by atoms with E-state index in [2.05, 4.69) is 57.3 Å². The molecule has 1 N–H and O–H groups in total. The summed E-state index contributed by atoms with van der Waals surface area (Å²) in [6.07, 6.45) is 4.05. The van der Waals surface area contributed by atoms with Crippen LogP contribution in [-0.2, 0) is 11.2 Å². The third kappa shape index (κ3) is 5.56. The standard InChI is InChI=1S/C20H31NO2/c1-14(2)18-10-7-16(4)13-19(18)23-20(22)21-12-11-17-8-5-15(3)6-9-17/h5-6,8-9,14,16,18-19H,7,10-13H2,1-4H3,(H,21,22)/t16-,18+,19-/m1/s1. The van der Waals surface area contributed by atoms with Crippen LogP contribution in [0.5, 0.6) is 0 Å². The van der Waals surface area contributed by atoms with E-state index in [-0.39, 0.29) is 12.2 Å². The van der Waals surface area contributed by atoms with Gasteiger partial charge in [0.2, 0.25) is 0 Å². The number of alkyl carbamates (subject to hydrolysis) is 1. The second-order valence-corrected chi connectivity index (χ2v) is 7.43. The molecule has 3 atom stereocenters.